The molecule has 0 spiro atoms. The van der Waals surface area contributed by atoms with Crippen LogP contribution in [-0.4, -0.2) is 67.1 Å². The second-order valence-electron chi connectivity index (χ2n) is 6.75. The average Bonchev–Trinajstić information content (AvgIpc) is 2.69. The topological polar surface area (TPSA) is 59.1 Å². The summed E-state index contributed by atoms with van der Waals surface area (Å²) in [6.45, 7) is 5.27. The van der Waals surface area contributed by atoms with Gasteiger partial charge in [-0.25, -0.2) is 0 Å². The van der Waals surface area contributed by atoms with E-state index in [4.69, 9.17) is 21.1 Å². The second-order valence-corrected chi connectivity index (χ2v) is 7.16. The minimum absolute atomic E-state index is 0.107. The summed E-state index contributed by atoms with van der Waals surface area (Å²) in [5.74, 6) is 0.376. The maximum atomic E-state index is 12.8. The lowest BCUT2D eigenvalue weighted by Gasteiger charge is -2.37. The third-order valence-electron chi connectivity index (χ3n) is 4.89. The maximum absolute atomic E-state index is 12.8. The summed E-state index contributed by atoms with van der Waals surface area (Å²) in [6.07, 6.45) is 0.998. The van der Waals surface area contributed by atoms with Crippen LogP contribution in [0.5, 0.6) is 5.75 Å². The molecule has 2 heterocycles. The Morgan fingerprint density at radius 1 is 1.19 bits per heavy atom. The lowest BCUT2D eigenvalue weighted by molar-refractivity contribution is -0.146. The zero-order valence-electron chi connectivity index (χ0n) is 15.0. The van der Waals surface area contributed by atoms with Crippen molar-refractivity contribution in [1.29, 1.82) is 0 Å². The van der Waals surface area contributed by atoms with E-state index in [0.29, 0.717) is 50.2 Å². The summed E-state index contributed by atoms with van der Waals surface area (Å²) in [5.41, 5.74) is 0. The van der Waals surface area contributed by atoms with Crippen LogP contribution in [0, 0.1) is 5.92 Å². The SMILES string of the molecule is CC(Oc1ccccc1Cl)C(=O)N1CCCC(C(=O)N2CCOCC2)C1. The smallest absolute Gasteiger partial charge is 0.263 e. The van der Waals surface area contributed by atoms with Gasteiger partial charge in [0.2, 0.25) is 5.91 Å². The van der Waals surface area contributed by atoms with Crippen LogP contribution in [0.15, 0.2) is 24.3 Å². The van der Waals surface area contributed by atoms with Gasteiger partial charge in [-0.3, -0.25) is 9.59 Å². The molecule has 0 aromatic heterocycles. The molecule has 6 nitrogen and oxygen atoms in total. The van der Waals surface area contributed by atoms with Crippen LogP contribution in [-0.2, 0) is 14.3 Å². The van der Waals surface area contributed by atoms with E-state index >= 15 is 0 Å². The van der Waals surface area contributed by atoms with E-state index in [9.17, 15) is 9.59 Å². The first-order valence-electron chi connectivity index (χ1n) is 9.13. The van der Waals surface area contributed by atoms with Crippen LogP contribution in [0.3, 0.4) is 0 Å². The second kappa shape index (κ2) is 8.73. The van der Waals surface area contributed by atoms with E-state index in [1.165, 1.54) is 0 Å². The number of hydrogen-bond acceptors (Lipinski definition) is 4. The molecule has 0 aliphatic carbocycles. The lowest BCUT2D eigenvalue weighted by Crippen LogP contribution is -2.51. The lowest BCUT2D eigenvalue weighted by atomic mass is 9.96. The number of morpholine rings is 1. The number of carbonyl (C=O) groups excluding carboxylic acids is 2. The molecule has 26 heavy (non-hydrogen) atoms. The van der Waals surface area contributed by atoms with Gasteiger partial charge in [-0.2, -0.15) is 0 Å². The molecule has 2 unspecified atom stereocenters. The van der Waals surface area contributed by atoms with E-state index in [1.807, 2.05) is 17.0 Å². The number of likely N-dealkylation sites (tertiary alicyclic amines) is 1. The monoisotopic (exact) mass is 380 g/mol. The summed E-state index contributed by atoms with van der Waals surface area (Å²) >= 11 is 6.10. The predicted octanol–water partition coefficient (Wildman–Crippen LogP) is 2.20. The molecule has 0 bridgehead atoms. The quantitative estimate of drug-likeness (QED) is 0.803. The van der Waals surface area contributed by atoms with Gasteiger partial charge in [0.15, 0.2) is 6.10 Å². The van der Waals surface area contributed by atoms with Crippen molar-refractivity contribution in [3.63, 3.8) is 0 Å². The fourth-order valence-corrected chi connectivity index (χ4v) is 3.64. The molecule has 0 saturated carbocycles. The first-order chi connectivity index (χ1) is 12.6. The van der Waals surface area contributed by atoms with Crippen LogP contribution in [0.4, 0.5) is 0 Å². The van der Waals surface area contributed by atoms with Gasteiger partial charge in [0.25, 0.3) is 5.91 Å². The zero-order chi connectivity index (χ0) is 18.5. The number of halogens is 1. The number of nitrogens with zero attached hydrogens (tertiary/aromatic N) is 2. The van der Waals surface area contributed by atoms with Gasteiger partial charge >= 0.3 is 0 Å². The van der Waals surface area contributed by atoms with Gasteiger partial charge in [-0.05, 0) is 31.9 Å². The molecular weight excluding hydrogens is 356 g/mol. The van der Waals surface area contributed by atoms with Crippen molar-refractivity contribution in [3.8, 4) is 5.75 Å². The first kappa shape index (κ1) is 19.0. The molecule has 2 aliphatic rings. The van der Waals surface area contributed by atoms with Gasteiger partial charge in [0.1, 0.15) is 5.75 Å². The minimum atomic E-state index is -0.646. The van der Waals surface area contributed by atoms with Crippen LogP contribution in [0.2, 0.25) is 5.02 Å². The van der Waals surface area contributed by atoms with E-state index in [-0.39, 0.29) is 17.7 Å². The van der Waals surface area contributed by atoms with Crippen molar-refractivity contribution in [2.24, 2.45) is 5.92 Å². The number of hydrogen-bond donors (Lipinski definition) is 0. The van der Waals surface area contributed by atoms with Crippen molar-refractivity contribution in [2.45, 2.75) is 25.9 Å². The highest BCUT2D eigenvalue weighted by atomic mass is 35.5. The number of para-hydroxylation sites is 1. The third kappa shape index (κ3) is 4.48. The maximum Gasteiger partial charge on any atom is 0.263 e. The van der Waals surface area contributed by atoms with Gasteiger partial charge in [0.05, 0.1) is 24.2 Å². The first-order valence-corrected chi connectivity index (χ1v) is 9.50. The molecular formula is C19H25ClN2O4. The third-order valence-corrected chi connectivity index (χ3v) is 5.21. The van der Waals surface area contributed by atoms with Crippen molar-refractivity contribution >= 4 is 23.4 Å². The van der Waals surface area contributed by atoms with Crippen molar-refractivity contribution in [2.75, 3.05) is 39.4 Å². The Morgan fingerprint density at radius 3 is 2.65 bits per heavy atom. The molecule has 0 radical (unpaired) electrons. The Morgan fingerprint density at radius 2 is 1.92 bits per heavy atom. The molecule has 2 saturated heterocycles. The summed E-state index contributed by atoms with van der Waals surface area (Å²) in [6, 6.07) is 7.10. The predicted molar refractivity (Wildman–Crippen MR) is 98.2 cm³/mol. The Kier molecular flexibility index (Phi) is 6.38. The number of carbonyl (C=O) groups is 2. The molecule has 3 rings (SSSR count). The Bertz CT molecular complexity index is 648. The number of piperidine rings is 1. The van der Waals surface area contributed by atoms with Crippen LogP contribution in [0.1, 0.15) is 19.8 Å². The Hall–Kier alpha value is -1.79. The fraction of sp³-hybridized carbons (Fsp3) is 0.579. The van der Waals surface area contributed by atoms with Crippen LogP contribution in [0.25, 0.3) is 0 Å². The number of amides is 2. The zero-order valence-corrected chi connectivity index (χ0v) is 15.8. The largest absolute Gasteiger partial charge is 0.479 e. The molecule has 1 aromatic rings. The van der Waals surface area contributed by atoms with E-state index in [1.54, 1.807) is 24.0 Å². The van der Waals surface area contributed by atoms with Gasteiger partial charge in [0, 0.05) is 26.2 Å². The van der Waals surface area contributed by atoms with E-state index in [2.05, 4.69) is 0 Å². The van der Waals surface area contributed by atoms with E-state index in [0.717, 1.165) is 12.8 Å². The highest BCUT2D eigenvalue weighted by Gasteiger charge is 2.33. The molecule has 7 heteroatoms. The number of benzene rings is 1. The molecule has 0 N–H and O–H groups in total. The molecule has 2 amide bonds. The van der Waals surface area contributed by atoms with Crippen LogP contribution >= 0.6 is 11.6 Å². The molecule has 142 valence electrons. The molecule has 2 atom stereocenters. The molecule has 1 aromatic carbocycles. The van der Waals surface area contributed by atoms with E-state index < -0.39 is 6.10 Å². The fourth-order valence-electron chi connectivity index (χ4n) is 3.46. The summed E-state index contributed by atoms with van der Waals surface area (Å²) in [4.78, 5) is 29.1. The van der Waals surface area contributed by atoms with Gasteiger partial charge in [-0.1, -0.05) is 23.7 Å². The Balaban J connectivity index is 1.58. The average molecular weight is 381 g/mol. The van der Waals surface area contributed by atoms with Crippen molar-refractivity contribution in [1.82, 2.24) is 9.80 Å². The summed E-state index contributed by atoms with van der Waals surface area (Å²) in [7, 11) is 0. The minimum Gasteiger partial charge on any atom is -0.479 e. The highest BCUT2D eigenvalue weighted by Crippen LogP contribution is 2.25. The van der Waals surface area contributed by atoms with Crippen molar-refractivity contribution in [3.05, 3.63) is 29.3 Å². The van der Waals surface area contributed by atoms with Gasteiger partial charge < -0.3 is 19.3 Å². The van der Waals surface area contributed by atoms with Crippen molar-refractivity contribution < 1.29 is 19.1 Å². The standard InChI is InChI=1S/C19H25ClN2O4/c1-14(26-17-7-3-2-6-16(17)20)18(23)22-8-4-5-15(13-22)19(24)21-9-11-25-12-10-21/h2-3,6-7,14-15H,4-5,8-13H2,1H3. The molecule has 2 fully saturated rings. The normalized spacial score (nSPS) is 22.0. The molecule has 2 aliphatic heterocycles. The number of ether oxygens (including phenoxy) is 2. The van der Waals surface area contributed by atoms with Gasteiger partial charge in [-0.15, -0.1) is 0 Å². The summed E-state index contributed by atoms with van der Waals surface area (Å²) in [5, 5.41) is 0.478. The summed E-state index contributed by atoms with van der Waals surface area (Å²) < 4.78 is 11.0. The van der Waals surface area contributed by atoms with Crippen LogP contribution < -0.4 is 4.74 Å². The number of rotatable bonds is 4. The highest BCUT2D eigenvalue weighted by molar-refractivity contribution is 6.32. The Labute approximate surface area is 159 Å².